The highest BCUT2D eigenvalue weighted by Gasteiger charge is 2.21. The molecule has 0 N–H and O–H groups in total. The number of nitro groups is 1. The monoisotopic (exact) mass is 319 g/mol. The van der Waals surface area contributed by atoms with E-state index in [0.29, 0.717) is 0 Å². The standard InChI is InChI=1S/C13H9N3O5S/c1-9-2-4-12(5-3-9)22(19,20)21-13-10(7-14)6-11(8-15-13)16(17)18/h2-6,8H,1H3. The molecule has 0 radical (unpaired) electrons. The van der Waals surface area contributed by atoms with E-state index in [-0.39, 0.29) is 10.5 Å². The van der Waals surface area contributed by atoms with Crippen LogP contribution in [-0.2, 0) is 10.1 Å². The first-order valence-corrected chi connectivity index (χ1v) is 7.30. The van der Waals surface area contributed by atoms with Gasteiger partial charge in [0, 0.05) is 6.07 Å². The molecule has 0 unspecified atom stereocenters. The topological polar surface area (TPSA) is 123 Å². The Morgan fingerprint density at radius 2 is 1.95 bits per heavy atom. The van der Waals surface area contributed by atoms with Gasteiger partial charge in [0.05, 0.1) is 4.92 Å². The molecule has 1 aromatic heterocycles. The third-order valence-corrected chi connectivity index (χ3v) is 3.89. The summed E-state index contributed by atoms with van der Waals surface area (Å²) in [5, 5.41) is 19.6. The van der Waals surface area contributed by atoms with Crippen molar-refractivity contribution in [3.05, 3.63) is 57.8 Å². The third-order valence-electron chi connectivity index (χ3n) is 2.67. The molecule has 1 heterocycles. The first kappa shape index (κ1) is 15.4. The summed E-state index contributed by atoms with van der Waals surface area (Å²) in [6, 6.07) is 8.39. The fourth-order valence-electron chi connectivity index (χ4n) is 1.54. The SMILES string of the molecule is Cc1ccc(S(=O)(=O)Oc2ncc([N+](=O)[O-])cc2C#N)cc1. The van der Waals surface area contributed by atoms with Crippen molar-refractivity contribution in [2.24, 2.45) is 0 Å². The average Bonchev–Trinajstić information content (AvgIpc) is 2.47. The normalized spacial score (nSPS) is 10.7. The minimum absolute atomic E-state index is 0.109. The second kappa shape index (κ2) is 5.79. The Labute approximate surface area is 125 Å². The van der Waals surface area contributed by atoms with Crippen molar-refractivity contribution in [3.8, 4) is 11.9 Å². The van der Waals surface area contributed by atoms with E-state index < -0.39 is 26.6 Å². The number of hydrogen-bond acceptors (Lipinski definition) is 7. The van der Waals surface area contributed by atoms with E-state index in [0.717, 1.165) is 17.8 Å². The van der Waals surface area contributed by atoms with E-state index in [1.165, 1.54) is 12.1 Å². The molecule has 112 valence electrons. The molecule has 0 aliphatic carbocycles. The van der Waals surface area contributed by atoms with Crippen molar-refractivity contribution in [3.63, 3.8) is 0 Å². The van der Waals surface area contributed by atoms with Crippen molar-refractivity contribution in [1.29, 1.82) is 5.26 Å². The highest BCUT2D eigenvalue weighted by atomic mass is 32.2. The lowest BCUT2D eigenvalue weighted by atomic mass is 10.2. The molecule has 0 spiro atoms. The van der Waals surface area contributed by atoms with E-state index in [4.69, 9.17) is 9.44 Å². The Kier molecular flexibility index (Phi) is 4.05. The number of benzene rings is 1. The fourth-order valence-corrected chi connectivity index (χ4v) is 2.45. The summed E-state index contributed by atoms with van der Waals surface area (Å²) in [6.07, 6.45) is 0.820. The van der Waals surface area contributed by atoms with Crippen LogP contribution in [0.2, 0.25) is 0 Å². The van der Waals surface area contributed by atoms with Gasteiger partial charge >= 0.3 is 10.1 Å². The molecule has 0 amide bonds. The molecule has 22 heavy (non-hydrogen) atoms. The van der Waals surface area contributed by atoms with Gasteiger partial charge in [-0.05, 0) is 19.1 Å². The number of nitriles is 1. The van der Waals surface area contributed by atoms with Crippen LogP contribution >= 0.6 is 0 Å². The van der Waals surface area contributed by atoms with Gasteiger partial charge < -0.3 is 4.18 Å². The van der Waals surface area contributed by atoms with Crippen LogP contribution < -0.4 is 4.18 Å². The molecular formula is C13H9N3O5S. The van der Waals surface area contributed by atoms with Crippen LogP contribution in [0.1, 0.15) is 11.1 Å². The van der Waals surface area contributed by atoms with Gasteiger partial charge in [0.2, 0.25) is 0 Å². The number of hydrogen-bond donors (Lipinski definition) is 0. The molecule has 2 rings (SSSR count). The van der Waals surface area contributed by atoms with E-state index in [9.17, 15) is 18.5 Å². The summed E-state index contributed by atoms with van der Waals surface area (Å²) in [5.41, 5.74) is 0.0895. The lowest BCUT2D eigenvalue weighted by Crippen LogP contribution is -2.11. The van der Waals surface area contributed by atoms with E-state index in [1.807, 2.05) is 0 Å². The quantitative estimate of drug-likeness (QED) is 0.479. The minimum Gasteiger partial charge on any atom is -0.357 e. The molecule has 0 saturated carbocycles. The zero-order valence-electron chi connectivity index (χ0n) is 11.3. The molecule has 2 aromatic rings. The second-order valence-corrected chi connectivity index (χ2v) is 5.81. The van der Waals surface area contributed by atoms with Gasteiger partial charge in [-0.25, -0.2) is 4.98 Å². The smallest absolute Gasteiger partial charge is 0.340 e. The van der Waals surface area contributed by atoms with E-state index in [1.54, 1.807) is 25.1 Å². The number of aromatic nitrogens is 1. The van der Waals surface area contributed by atoms with E-state index >= 15 is 0 Å². The first-order chi connectivity index (χ1) is 10.3. The van der Waals surface area contributed by atoms with Crippen molar-refractivity contribution < 1.29 is 17.5 Å². The van der Waals surface area contributed by atoms with Crippen LogP contribution in [-0.4, -0.2) is 18.3 Å². The maximum Gasteiger partial charge on any atom is 0.340 e. The predicted molar refractivity (Wildman–Crippen MR) is 74.6 cm³/mol. The largest absolute Gasteiger partial charge is 0.357 e. The number of aryl methyl sites for hydroxylation is 1. The second-order valence-electron chi connectivity index (χ2n) is 4.27. The Morgan fingerprint density at radius 1 is 1.32 bits per heavy atom. The zero-order valence-corrected chi connectivity index (χ0v) is 12.1. The Balaban J connectivity index is 2.40. The number of pyridine rings is 1. The highest BCUT2D eigenvalue weighted by Crippen LogP contribution is 2.23. The van der Waals surface area contributed by atoms with Crippen molar-refractivity contribution in [2.75, 3.05) is 0 Å². The van der Waals surface area contributed by atoms with Crippen LogP contribution in [0.25, 0.3) is 0 Å². The van der Waals surface area contributed by atoms with Crippen LogP contribution in [0.15, 0.2) is 41.4 Å². The molecule has 0 aliphatic heterocycles. The number of rotatable bonds is 4. The molecule has 0 saturated heterocycles. The molecule has 8 nitrogen and oxygen atoms in total. The van der Waals surface area contributed by atoms with E-state index in [2.05, 4.69) is 4.98 Å². The Morgan fingerprint density at radius 3 is 2.50 bits per heavy atom. The van der Waals surface area contributed by atoms with Crippen LogP contribution in [0.5, 0.6) is 5.88 Å². The molecule has 0 aliphatic rings. The maximum atomic E-state index is 12.1. The van der Waals surface area contributed by atoms with Gasteiger partial charge in [0.1, 0.15) is 22.7 Å². The maximum absolute atomic E-state index is 12.1. The van der Waals surface area contributed by atoms with Crippen molar-refractivity contribution in [2.45, 2.75) is 11.8 Å². The fraction of sp³-hybridized carbons (Fsp3) is 0.0769. The summed E-state index contributed by atoms with van der Waals surface area (Å²) in [7, 11) is -4.18. The molecule has 0 fully saturated rings. The average molecular weight is 319 g/mol. The first-order valence-electron chi connectivity index (χ1n) is 5.89. The number of nitrogens with zero attached hydrogens (tertiary/aromatic N) is 3. The zero-order chi connectivity index (χ0) is 16.3. The van der Waals surface area contributed by atoms with Gasteiger partial charge in [0.25, 0.3) is 11.6 Å². The lowest BCUT2D eigenvalue weighted by molar-refractivity contribution is -0.385. The van der Waals surface area contributed by atoms with Crippen molar-refractivity contribution >= 4 is 15.8 Å². The van der Waals surface area contributed by atoms with Gasteiger partial charge in [-0.3, -0.25) is 10.1 Å². The Hall–Kier alpha value is -2.99. The molecule has 9 heteroatoms. The van der Waals surface area contributed by atoms with Gasteiger partial charge in [0.15, 0.2) is 0 Å². The summed E-state index contributed by atoms with van der Waals surface area (Å²) < 4.78 is 29.0. The van der Waals surface area contributed by atoms with Crippen LogP contribution in [0.4, 0.5) is 5.69 Å². The predicted octanol–water partition coefficient (Wildman–Crippen LogP) is 1.94. The van der Waals surface area contributed by atoms with Crippen molar-refractivity contribution in [1.82, 2.24) is 4.98 Å². The molecular weight excluding hydrogens is 310 g/mol. The summed E-state index contributed by atoms with van der Waals surface area (Å²) in [5.74, 6) is -0.506. The van der Waals surface area contributed by atoms with Gasteiger partial charge in [-0.2, -0.15) is 13.7 Å². The molecule has 0 bridgehead atoms. The van der Waals surface area contributed by atoms with Gasteiger partial charge in [-0.1, -0.05) is 17.7 Å². The summed E-state index contributed by atoms with van der Waals surface area (Å²) in [4.78, 5) is 13.3. The minimum atomic E-state index is -4.18. The highest BCUT2D eigenvalue weighted by molar-refractivity contribution is 7.87. The summed E-state index contributed by atoms with van der Waals surface area (Å²) >= 11 is 0. The molecule has 1 aromatic carbocycles. The Bertz CT molecular complexity index is 870. The third kappa shape index (κ3) is 3.18. The lowest BCUT2D eigenvalue weighted by Gasteiger charge is -2.07. The summed E-state index contributed by atoms with van der Waals surface area (Å²) in [6.45, 7) is 1.79. The van der Waals surface area contributed by atoms with Crippen LogP contribution in [0, 0.1) is 28.4 Å². The molecule has 0 atom stereocenters. The van der Waals surface area contributed by atoms with Gasteiger partial charge in [-0.15, -0.1) is 0 Å². The van der Waals surface area contributed by atoms with Crippen LogP contribution in [0.3, 0.4) is 0 Å².